The van der Waals surface area contributed by atoms with E-state index in [1.807, 2.05) is 24.3 Å². The summed E-state index contributed by atoms with van der Waals surface area (Å²) in [6.45, 7) is 0. The van der Waals surface area contributed by atoms with E-state index in [2.05, 4.69) is 11.9 Å². The van der Waals surface area contributed by atoms with Crippen LogP contribution in [0.4, 0.5) is 0 Å². The van der Waals surface area contributed by atoms with Gasteiger partial charge in [0.05, 0.1) is 8.81 Å². The molecule has 0 aromatic rings. The Kier molecular flexibility index (Phi) is 1.44. The van der Waals surface area contributed by atoms with E-state index in [9.17, 15) is 0 Å². The van der Waals surface area contributed by atoms with Crippen LogP contribution in [0.1, 0.15) is 0 Å². The van der Waals surface area contributed by atoms with Crippen LogP contribution in [0.2, 0.25) is 0 Å². The molecule has 1 heterocycles. The Morgan fingerprint density at radius 2 is 2.20 bits per heavy atom. The monoisotopic (exact) mass is 150 g/mol. The van der Waals surface area contributed by atoms with Crippen LogP contribution < -0.4 is 0 Å². The van der Waals surface area contributed by atoms with Gasteiger partial charge in [-0.05, 0) is 11.9 Å². The zero-order valence-electron chi connectivity index (χ0n) is 5.37. The molecule has 1 aliphatic carbocycles. The highest BCUT2D eigenvalue weighted by Gasteiger charge is 2.09. The van der Waals surface area contributed by atoms with Gasteiger partial charge in [0.15, 0.2) is 0 Å². The Balaban J connectivity index is 2.42. The summed E-state index contributed by atoms with van der Waals surface area (Å²) in [7, 11) is 0.504. The van der Waals surface area contributed by atoms with Gasteiger partial charge < -0.3 is 4.52 Å². The normalized spacial score (nSPS) is 23.2. The molecule has 0 saturated heterocycles. The number of hydrogen-bond donors (Lipinski definition) is 0. The van der Waals surface area contributed by atoms with E-state index in [1.54, 1.807) is 0 Å². The van der Waals surface area contributed by atoms with Gasteiger partial charge in [-0.3, -0.25) is 0 Å². The Morgan fingerprint density at radius 1 is 1.20 bits per heavy atom. The van der Waals surface area contributed by atoms with Crippen molar-refractivity contribution in [3.63, 3.8) is 0 Å². The van der Waals surface area contributed by atoms with Crippen LogP contribution in [-0.4, -0.2) is 0 Å². The quantitative estimate of drug-likeness (QED) is 0.482. The first-order valence-corrected chi connectivity index (χ1v) is 4.13. The molecule has 0 radical (unpaired) electrons. The number of hydrogen-bond acceptors (Lipinski definition) is 1. The smallest absolute Gasteiger partial charge is 0.130 e. The summed E-state index contributed by atoms with van der Waals surface area (Å²) >= 11 is 0. The Bertz CT molecular complexity index is 258. The van der Waals surface area contributed by atoms with Gasteiger partial charge in [0.1, 0.15) is 5.76 Å². The minimum Gasteiger partial charge on any atom is -0.472 e. The second-order valence-electron chi connectivity index (χ2n) is 2.09. The van der Waals surface area contributed by atoms with Crippen molar-refractivity contribution in [1.29, 1.82) is 0 Å². The van der Waals surface area contributed by atoms with Gasteiger partial charge in [-0.15, -0.1) is 0 Å². The predicted octanol–water partition coefficient (Wildman–Crippen LogP) is 2.50. The summed E-state index contributed by atoms with van der Waals surface area (Å²) in [5, 5.41) is 0. The van der Waals surface area contributed by atoms with Gasteiger partial charge in [-0.25, -0.2) is 0 Å². The molecule has 1 atom stereocenters. The van der Waals surface area contributed by atoms with Crippen LogP contribution in [0.15, 0.2) is 47.5 Å². The molecule has 1 nitrogen and oxygen atoms in total. The number of rotatable bonds is 0. The lowest BCUT2D eigenvalue weighted by atomic mass is 10.2. The maximum absolute atomic E-state index is 5.33. The van der Waals surface area contributed by atoms with Crippen molar-refractivity contribution in [1.82, 2.24) is 0 Å². The molecule has 0 fully saturated rings. The van der Waals surface area contributed by atoms with E-state index in [4.69, 9.17) is 4.52 Å². The lowest BCUT2D eigenvalue weighted by Gasteiger charge is -1.96. The van der Waals surface area contributed by atoms with Crippen LogP contribution in [0.25, 0.3) is 0 Å². The minimum atomic E-state index is 0.504. The standard InChI is InChI=1S/C8H7OP/c1-2-4-7-6-10-9-8(7)5-3-1/h1-6,10H. The lowest BCUT2D eigenvalue weighted by Crippen LogP contribution is -1.77. The first-order chi connectivity index (χ1) is 4.97. The van der Waals surface area contributed by atoms with Gasteiger partial charge in [-0.1, -0.05) is 24.3 Å². The third kappa shape index (κ3) is 0.932. The molecule has 10 heavy (non-hydrogen) atoms. The molecular weight excluding hydrogens is 143 g/mol. The second kappa shape index (κ2) is 2.43. The lowest BCUT2D eigenvalue weighted by molar-refractivity contribution is 0.517. The topological polar surface area (TPSA) is 9.23 Å². The van der Waals surface area contributed by atoms with Gasteiger partial charge >= 0.3 is 0 Å². The third-order valence-corrected chi connectivity index (χ3v) is 2.18. The average Bonchev–Trinajstić information content (AvgIpc) is 2.28. The van der Waals surface area contributed by atoms with Crippen LogP contribution >= 0.6 is 8.81 Å². The Morgan fingerprint density at radius 3 is 3.20 bits per heavy atom. The van der Waals surface area contributed by atoms with Crippen molar-refractivity contribution in [3.05, 3.63) is 47.5 Å². The number of allylic oxidation sites excluding steroid dienone is 5. The molecule has 2 heteroatoms. The SMILES string of the molecule is C1=CC=C2OPC=C2C=C1. The fourth-order valence-electron chi connectivity index (χ4n) is 0.913. The molecular formula is C8H7OP. The Hall–Kier alpha value is -0.810. The van der Waals surface area contributed by atoms with Gasteiger partial charge in [0.25, 0.3) is 0 Å². The van der Waals surface area contributed by atoms with Crippen molar-refractivity contribution < 1.29 is 4.52 Å². The molecule has 2 rings (SSSR count). The van der Waals surface area contributed by atoms with E-state index in [-0.39, 0.29) is 0 Å². The van der Waals surface area contributed by atoms with Crippen molar-refractivity contribution in [2.24, 2.45) is 0 Å². The largest absolute Gasteiger partial charge is 0.472 e. The van der Waals surface area contributed by atoms with Gasteiger partial charge in [0.2, 0.25) is 0 Å². The molecule has 1 unspecified atom stereocenters. The average molecular weight is 150 g/mol. The maximum atomic E-state index is 5.33. The molecule has 0 bridgehead atoms. The van der Waals surface area contributed by atoms with E-state index >= 15 is 0 Å². The van der Waals surface area contributed by atoms with Crippen molar-refractivity contribution in [2.45, 2.75) is 0 Å². The van der Waals surface area contributed by atoms with Gasteiger partial charge in [-0.2, -0.15) is 0 Å². The highest BCUT2D eigenvalue weighted by molar-refractivity contribution is 7.36. The fraction of sp³-hybridized carbons (Fsp3) is 0. The first-order valence-electron chi connectivity index (χ1n) is 3.15. The minimum absolute atomic E-state index is 0.504. The molecule has 2 aliphatic rings. The molecule has 0 amide bonds. The zero-order chi connectivity index (χ0) is 6.81. The zero-order valence-corrected chi connectivity index (χ0v) is 6.37. The maximum Gasteiger partial charge on any atom is 0.130 e. The van der Waals surface area contributed by atoms with Crippen LogP contribution in [0.3, 0.4) is 0 Å². The molecule has 0 saturated carbocycles. The third-order valence-electron chi connectivity index (χ3n) is 1.41. The van der Waals surface area contributed by atoms with Crippen molar-refractivity contribution >= 4 is 8.81 Å². The van der Waals surface area contributed by atoms with Crippen LogP contribution in [0, 0.1) is 0 Å². The summed E-state index contributed by atoms with van der Waals surface area (Å²) in [6.07, 6.45) is 10.1. The summed E-state index contributed by atoms with van der Waals surface area (Å²) < 4.78 is 5.33. The van der Waals surface area contributed by atoms with Crippen molar-refractivity contribution in [2.75, 3.05) is 0 Å². The summed E-state index contributed by atoms with van der Waals surface area (Å²) in [5.41, 5.74) is 1.21. The predicted molar refractivity (Wildman–Crippen MR) is 43.8 cm³/mol. The highest BCUT2D eigenvalue weighted by Crippen LogP contribution is 2.35. The Labute approximate surface area is 61.6 Å². The molecule has 0 spiro atoms. The van der Waals surface area contributed by atoms with Crippen LogP contribution in [0.5, 0.6) is 0 Å². The van der Waals surface area contributed by atoms with Crippen molar-refractivity contribution in [3.8, 4) is 0 Å². The molecule has 0 aromatic heterocycles. The van der Waals surface area contributed by atoms with E-state index < -0.39 is 0 Å². The molecule has 0 aromatic carbocycles. The summed E-state index contributed by atoms with van der Waals surface area (Å²) in [6, 6.07) is 0. The molecule has 0 N–H and O–H groups in total. The van der Waals surface area contributed by atoms with Crippen LogP contribution in [-0.2, 0) is 4.52 Å². The summed E-state index contributed by atoms with van der Waals surface area (Å²) in [5.74, 6) is 3.11. The second-order valence-corrected chi connectivity index (χ2v) is 2.82. The van der Waals surface area contributed by atoms with Gasteiger partial charge in [0, 0.05) is 5.57 Å². The number of fused-ring (bicyclic) bond motifs is 1. The molecule has 1 aliphatic heterocycles. The van der Waals surface area contributed by atoms with E-state index in [0.29, 0.717) is 8.81 Å². The van der Waals surface area contributed by atoms with E-state index in [0.717, 1.165) is 5.76 Å². The molecule has 50 valence electrons. The summed E-state index contributed by atoms with van der Waals surface area (Å²) in [4.78, 5) is 0. The first kappa shape index (κ1) is 5.94. The fourth-order valence-corrected chi connectivity index (χ4v) is 1.65. The highest BCUT2D eigenvalue weighted by atomic mass is 31.1. The van der Waals surface area contributed by atoms with E-state index in [1.165, 1.54) is 5.57 Å².